The summed E-state index contributed by atoms with van der Waals surface area (Å²) in [5.74, 6) is -0.149. The van der Waals surface area contributed by atoms with Gasteiger partial charge >= 0.3 is 0 Å². The molecule has 1 amide bonds. The lowest BCUT2D eigenvalue weighted by Crippen LogP contribution is -2.18. The summed E-state index contributed by atoms with van der Waals surface area (Å²) in [4.78, 5) is 17.1. The predicted molar refractivity (Wildman–Crippen MR) is 110 cm³/mol. The second kappa shape index (κ2) is 8.19. The number of hydrogen-bond acceptors (Lipinski definition) is 6. The molecule has 0 unspecified atom stereocenters. The Morgan fingerprint density at radius 3 is 2.60 bits per heavy atom. The van der Waals surface area contributed by atoms with Crippen LogP contribution in [0.15, 0.2) is 46.3 Å². The van der Waals surface area contributed by atoms with Gasteiger partial charge in [0.05, 0.1) is 20.9 Å². The number of aromatic nitrogens is 1. The van der Waals surface area contributed by atoms with Crippen molar-refractivity contribution in [2.45, 2.75) is 31.2 Å². The first-order valence-electron chi connectivity index (χ1n) is 9.36. The van der Waals surface area contributed by atoms with Crippen LogP contribution in [0.4, 0.5) is 4.39 Å². The Morgan fingerprint density at radius 1 is 1.20 bits per heavy atom. The first-order valence-corrected chi connectivity index (χ1v) is 11.8. The van der Waals surface area contributed by atoms with E-state index in [-0.39, 0.29) is 18.1 Å². The van der Waals surface area contributed by atoms with Gasteiger partial charge in [-0.25, -0.2) is 12.8 Å². The van der Waals surface area contributed by atoms with Gasteiger partial charge in [-0.2, -0.15) is 4.99 Å². The number of carbonyl (C=O) groups is 1. The number of hydrogen-bond donors (Lipinski definition) is 0. The first kappa shape index (κ1) is 20.5. The topological polar surface area (TPSA) is 87.0 Å². The zero-order valence-corrected chi connectivity index (χ0v) is 17.8. The van der Waals surface area contributed by atoms with E-state index >= 15 is 0 Å². The third-order valence-corrected chi connectivity index (χ3v) is 7.38. The van der Waals surface area contributed by atoms with Crippen molar-refractivity contribution in [1.29, 1.82) is 0 Å². The Kier molecular flexibility index (Phi) is 5.61. The van der Waals surface area contributed by atoms with Crippen LogP contribution in [-0.4, -0.2) is 31.4 Å². The molecule has 2 aromatic carbocycles. The van der Waals surface area contributed by atoms with Gasteiger partial charge in [-0.15, -0.1) is 0 Å². The van der Waals surface area contributed by atoms with Crippen molar-refractivity contribution in [2.24, 2.45) is 4.99 Å². The lowest BCUT2D eigenvalue weighted by atomic mass is 10.3. The van der Waals surface area contributed by atoms with Crippen molar-refractivity contribution in [3.63, 3.8) is 0 Å². The van der Waals surface area contributed by atoms with E-state index in [1.165, 1.54) is 23.5 Å². The Balaban J connectivity index is 1.60. The largest absolute Gasteiger partial charge is 0.454 e. The summed E-state index contributed by atoms with van der Waals surface area (Å²) >= 11 is 1.34. The van der Waals surface area contributed by atoms with Crippen molar-refractivity contribution in [3.05, 3.63) is 47.0 Å². The highest BCUT2D eigenvalue weighted by Crippen LogP contribution is 2.37. The van der Waals surface area contributed by atoms with E-state index in [1.54, 1.807) is 0 Å². The molecule has 158 valence electrons. The van der Waals surface area contributed by atoms with Crippen LogP contribution in [0.25, 0.3) is 10.2 Å². The van der Waals surface area contributed by atoms with Crippen molar-refractivity contribution in [2.75, 3.05) is 12.5 Å². The Bertz CT molecular complexity index is 1280. The summed E-state index contributed by atoms with van der Waals surface area (Å²) in [6.07, 6.45) is 0.573. The van der Waals surface area contributed by atoms with E-state index in [4.69, 9.17) is 9.47 Å². The van der Waals surface area contributed by atoms with Gasteiger partial charge in [0.1, 0.15) is 5.82 Å². The maximum atomic E-state index is 13.0. The fourth-order valence-electron chi connectivity index (χ4n) is 3.13. The van der Waals surface area contributed by atoms with Crippen molar-refractivity contribution < 1.29 is 27.1 Å². The average molecular weight is 451 g/mol. The molecule has 1 aliphatic heterocycles. The van der Waals surface area contributed by atoms with Gasteiger partial charge in [0, 0.05) is 25.1 Å². The molecule has 3 aromatic rings. The summed E-state index contributed by atoms with van der Waals surface area (Å²) in [5, 5.41) is 0. The van der Waals surface area contributed by atoms with Gasteiger partial charge in [0.15, 0.2) is 26.1 Å². The molecule has 10 heteroatoms. The molecule has 0 bridgehead atoms. The van der Waals surface area contributed by atoms with Gasteiger partial charge in [-0.1, -0.05) is 18.3 Å². The monoisotopic (exact) mass is 450 g/mol. The fourth-order valence-corrected chi connectivity index (χ4v) is 5.44. The molecule has 0 aliphatic carbocycles. The van der Waals surface area contributed by atoms with Crippen LogP contribution in [0.2, 0.25) is 0 Å². The van der Waals surface area contributed by atoms with Crippen LogP contribution in [0.1, 0.15) is 19.8 Å². The summed E-state index contributed by atoms with van der Waals surface area (Å²) in [7, 11) is -3.70. The molecule has 0 saturated carbocycles. The molecule has 7 nitrogen and oxygen atoms in total. The third kappa shape index (κ3) is 4.10. The number of sulfone groups is 1. The van der Waals surface area contributed by atoms with E-state index in [0.717, 1.165) is 28.8 Å². The molecule has 4 rings (SSSR count). The average Bonchev–Trinajstić information content (AvgIpc) is 3.29. The van der Waals surface area contributed by atoms with Crippen molar-refractivity contribution in [1.82, 2.24) is 4.57 Å². The Hall–Kier alpha value is -2.72. The highest BCUT2D eigenvalue weighted by Gasteiger charge is 2.19. The van der Waals surface area contributed by atoms with Gasteiger partial charge in [0.25, 0.3) is 0 Å². The standard InChI is InChI=1S/C20H19FN2O5S2/c1-2-8-23-15-10-16-17(28-12-27-16)11-18(15)29-20(23)22-19(24)7-9-30(25,26)14-5-3-13(21)4-6-14/h3-6,10-11H,2,7-9,12H2,1H3. The molecular weight excluding hydrogens is 431 g/mol. The van der Waals surface area contributed by atoms with Crippen LogP contribution in [0.5, 0.6) is 11.5 Å². The van der Waals surface area contributed by atoms with Crippen molar-refractivity contribution in [3.8, 4) is 11.5 Å². The number of aryl methyl sites for hydroxylation is 1. The van der Waals surface area contributed by atoms with Gasteiger partial charge in [0.2, 0.25) is 12.7 Å². The normalized spacial score (nSPS) is 13.9. The van der Waals surface area contributed by atoms with Gasteiger partial charge in [-0.3, -0.25) is 4.79 Å². The number of benzene rings is 2. The highest BCUT2D eigenvalue weighted by molar-refractivity contribution is 7.91. The summed E-state index contributed by atoms with van der Waals surface area (Å²) < 4.78 is 51.4. The Labute approximate surface area is 176 Å². The lowest BCUT2D eigenvalue weighted by molar-refractivity contribution is -0.117. The van der Waals surface area contributed by atoms with Crippen LogP contribution < -0.4 is 14.3 Å². The highest BCUT2D eigenvalue weighted by atomic mass is 32.2. The molecule has 0 saturated heterocycles. The fraction of sp³-hybridized carbons (Fsp3) is 0.300. The van der Waals surface area contributed by atoms with Crippen LogP contribution >= 0.6 is 11.3 Å². The minimum atomic E-state index is -3.70. The summed E-state index contributed by atoms with van der Waals surface area (Å²) in [6, 6.07) is 8.26. The van der Waals surface area contributed by atoms with E-state index in [0.29, 0.717) is 22.8 Å². The SMILES string of the molecule is CCCn1c(=NC(=O)CCS(=O)(=O)c2ccc(F)cc2)sc2cc3c(cc21)OCO3. The zero-order chi connectivity index (χ0) is 21.3. The number of fused-ring (bicyclic) bond motifs is 2. The number of halogens is 1. The minimum absolute atomic E-state index is 0.0193. The third-order valence-electron chi connectivity index (χ3n) is 4.60. The van der Waals surface area contributed by atoms with E-state index in [9.17, 15) is 17.6 Å². The molecular formula is C20H19FN2O5S2. The minimum Gasteiger partial charge on any atom is -0.454 e. The van der Waals surface area contributed by atoms with E-state index in [1.807, 2.05) is 23.6 Å². The lowest BCUT2D eigenvalue weighted by Gasteiger charge is -2.04. The van der Waals surface area contributed by atoms with Crippen molar-refractivity contribution >= 4 is 37.3 Å². The maximum Gasteiger partial charge on any atom is 0.249 e. The number of nitrogens with zero attached hydrogens (tertiary/aromatic N) is 2. The molecule has 0 fully saturated rings. The molecule has 0 radical (unpaired) electrons. The number of carbonyl (C=O) groups excluding carboxylic acids is 1. The summed E-state index contributed by atoms with van der Waals surface area (Å²) in [6.45, 7) is 2.85. The second-order valence-electron chi connectivity index (χ2n) is 6.74. The molecule has 30 heavy (non-hydrogen) atoms. The first-order chi connectivity index (χ1) is 14.4. The second-order valence-corrected chi connectivity index (χ2v) is 9.86. The van der Waals surface area contributed by atoms with Crippen LogP contribution in [-0.2, 0) is 21.2 Å². The molecule has 1 aliphatic rings. The molecule has 0 atom stereocenters. The molecule has 0 N–H and O–H groups in total. The number of thiazole rings is 1. The summed E-state index contributed by atoms with van der Waals surface area (Å²) in [5.41, 5.74) is 0.886. The molecule has 1 aromatic heterocycles. The predicted octanol–water partition coefficient (Wildman–Crippen LogP) is 3.27. The van der Waals surface area contributed by atoms with E-state index in [2.05, 4.69) is 4.99 Å². The van der Waals surface area contributed by atoms with Gasteiger partial charge in [-0.05, 0) is 30.7 Å². The number of rotatable bonds is 6. The Morgan fingerprint density at radius 2 is 1.90 bits per heavy atom. The molecule has 2 heterocycles. The zero-order valence-electron chi connectivity index (χ0n) is 16.1. The molecule has 0 spiro atoms. The van der Waals surface area contributed by atoms with Crippen LogP contribution in [0, 0.1) is 5.82 Å². The van der Waals surface area contributed by atoms with Crippen LogP contribution in [0.3, 0.4) is 0 Å². The smallest absolute Gasteiger partial charge is 0.249 e. The van der Waals surface area contributed by atoms with E-state index < -0.39 is 27.3 Å². The quantitative estimate of drug-likeness (QED) is 0.538. The van der Waals surface area contributed by atoms with Gasteiger partial charge < -0.3 is 14.0 Å². The maximum absolute atomic E-state index is 13.0. The number of amides is 1. The number of ether oxygens (including phenoxy) is 2.